The van der Waals surface area contributed by atoms with Gasteiger partial charge in [0.25, 0.3) is 5.91 Å². The smallest absolute Gasteiger partial charge is 0.292 e. The number of aliphatic hydroxyl groups excluding tert-OH is 1. The number of rotatable bonds is 3. The SMILES string of the molecule is CCN1CCN(C(=O)C(=O)CO)CC1. The minimum atomic E-state index is -0.713. The van der Waals surface area contributed by atoms with E-state index in [9.17, 15) is 9.59 Å². The van der Waals surface area contributed by atoms with Crippen LogP contribution in [-0.2, 0) is 9.59 Å². The van der Waals surface area contributed by atoms with E-state index in [1.54, 1.807) is 0 Å². The van der Waals surface area contributed by atoms with Crippen molar-refractivity contribution >= 4 is 11.7 Å². The minimum absolute atomic E-state index is 0.553. The molecule has 1 aliphatic heterocycles. The van der Waals surface area contributed by atoms with Gasteiger partial charge in [-0.3, -0.25) is 9.59 Å². The van der Waals surface area contributed by atoms with Gasteiger partial charge in [0.05, 0.1) is 0 Å². The van der Waals surface area contributed by atoms with Crippen LogP contribution in [0.4, 0.5) is 0 Å². The van der Waals surface area contributed by atoms with E-state index < -0.39 is 18.3 Å². The summed E-state index contributed by atoms with van der Waals surface area (Å²) in [6.45, 7) is 5.12. The first-order chi connectivity index (χ1) is 6.69. The molecule has 0 aromatic rings. The minimum Gasteiger partial charge on any atom is -0.388 e. The Morgan fingerprint density at radius 3 is 2.21 bits per heavy atom. The summed E-state index contributed by atoms with van der Waals surface area (Å²) in [5.74, 6) is -1.27. The van der Waals surface area contributed by atoms with E-state index in [4.69, 9.17) is 5.11 Å². The van der Waals surface area contributed by atoms with Crippen molar-refractivity contribution in [2.45, 2.75) is 6.92 Å². The monoisotopic (exact) mass is 200 g/mol. The maximum absolute atomic E-state index is 11.3. The molecule has 1 fully saturated rings. The Hall–Kier alpha value is -0.940. The number of carbonyl (C=O) groups excluding carboxylic acids is 2. The molecule has 1 aliphatic rings. The van der Waals surface area contributed by atoms with Gasteiger partial charge >= 0.3 is 0 Å². The summed E-state index contributed by atoms with van der Waals surface area (Å²) < 4.78 is 0. The summed E-state index contributed by atoms with van der Waals surface area (Å²) >= 11 is 0. The molecule has 0 spiro atoms. The van der Waals surface area contributed by atoms with E-state index in [2.05, 4.69) is 11.8 Å². The van der Waals surface area contributed by atoms with Crippen LogP contribution >= 0.6 is 0 Å². The molecule has 0 atom stereocenters. The van der Waals surface area contributed by atoms with Gasteiger partial charge in [0.2, 0.25) is 5.78 Å². The highest BCUT2D eigenvalue weighted by molar-refractivity contribution is 6.36. The van der Waals surface area contributed by atoms with Crippen molar-refractivity contribution in [1.29, 1.82) is 0 Å². The fraction of sp³-hybridized carbons (Fsp3) is 0.778. The summed E-state index contributed by atoms with van der Waals surface area (Å²) in [5, 5.41) is 8.53. The Kier molecular flexibility index (Phi) is 4.03. The van der Waals surface area contributed by atoms with Crippen LogP contribution in [0, 0.1) is 0 Å². The van der Waals surface area contributed by atoms with Crippen LogP contribution in [0.2, 0.25) is 0 Å². The topological polar surface area (TPSA) is 60.9 Å². The molecular weight excluding hydrogens is 184 g/mol. The van der Waals surface area contributed by atoms with E-state index in [1.165, 1.54) is 4.90 Å². The fourth-order valence-corrected chi connectivity index (χ4v) is 1.51. The van der Waals surface area contributed by atoms with Gasteiger partial charge in [-0.05, 0) is 6.54 Å². The normalized spacial score (nSPS) is 18.3. The first-order valence-electron chi connectivity index (χ1n) is 4.84. The summed E-state index contributed by atoms with van der Waals surface area (Å²) in [6, 6.07) is 0. The predicted octanol–water partition coefficient (Wildman–Crippen LogP) is -1.29. The lowest BCUT2D eigenvalue weighted by Gasteiger charge is -2.33. The fourth-order valence-electron chi connectivity index (χ4n) is 1.51. The van der Waals surface area contributed by atoms with Crippen LogP contribution in [0.5, 0.6) is 0 Å². The van der Waals surface area contributed by atoms with Gasteiger partial charge in [-0.25, -0.2) is 0 Å². The van der Waals surface area contributed by atoms with Gasteiger partial charge in [0, 0.05) is 26.2 Å². The van der Waals surface area contributed by atoms with Crippen LogP contribution < -0.4 is 0 Å². The quantitative estimate of drug-likeness (QED) is 0.576. The van der Waals surface area contributed by atoms with Gasteiger partial charge in [-0.2, -0.15) is 0 Å². The lowest BCUT2D eigenvalue weighted by Crippen LogP contribution is -2.50. The molecule has 0 bridgehead atoms. The Morgan fingerprint density at radius 2 is 1.79 bits per heavy atom. The molecule has 80 valence electrons. The van der Waals surface area contributed by atoms with Gasteiger partial charge in [-0.15, -0.1) is 0 Å². The Labute approximate surface area is 83.3 Å². The van der Waals surface area contributed by atoms with E-state index in [0.717, 1.165) is 19.6 Å². The van der Waals surface area contributed by atoms with Crippen LogP contribution in [0.15, 0.2) is 0 Å². The van der Waals surface area contributed by atoms with Crippen LogP contribution in [0.25, 0.3) is 0 Å². The van der Waals surface area contributed by atoms with E-state index in [-0.39, 0.29) is 0 Å². The highest BCUT2D eigenvalue weighted by atomic mass is 16.3. The largest absolute Gasteiger partial charge is 0.388 e. The third kappa shape index (κ3) is 2.52. The maximum atomic E-state index is 11.3. The molecule has 1 heterocycles. The van der Waals surface area contributed by atoms with Crippen molar-refractivity contribution in [3.8, 4) is 0 Å². The maximum Gasteiger partial charge on any atom is 0.292 e. The summed E-state index contributed by atoms with van der Waals surface area (Å²) in [5.41, 5.74) is 0. The summed E-state index contributed by atoms with van der Waals surface area (Å²) in [6.07, 6.45) is 0. The van der Waals surface area contributed by atoms with E-state index >= 15 is 0 Å². The number of carbonyl (C=O) groups is 2. The summed E-state index contributed by atoms with van der Waals surface area (Å²) in [4.78, 5) is 25.9. The van der Waals surface area contributed by atoms with Crippen molar-refractivity contribution in [3.05, 3.63) is 0 Å². The first-order valence-corrected chi connectivity index (χ1v) is 4.84. The number of Topliss-reactive ketones (excluding diaryl/α,β-unsaturated/α-hetero) is 1. The van der Waals surface area contributed by atoms with E-state index in [0.29, 0.717) is 13.1 Å². The molecule has 0 aromatic carbocycles. The third-order valence-corrected chi connectivity index (χ3v) is 2.49. The lowest BCUT2D eigenvalue weighted by molar-refractivity contribution is -0.147. The number of hydrogen-bond donors (Lipinski definition) is 1. The van der Waals surface area contributed by atoms with Gasteiger partial charge in [0.1, 0.15) is 6.61 Å². The van der Waals surface area contributed by atoms with Crippen molar-refractivity contribution in [3.63, 3.8) is 0 Å². The third-order valence-electron chi connectivity index (χ3n) is 2.49. The molecule has 1 amide bonds. The standard InChI is InChI=1S/C9H16N2O3/c1-2-10-3-5-11(6-4-10)9(14)8(13)7-12/h12H,2-7H2,1H3. The average molecular weight is 200 g/mol. The van der Waals surface area contributed by atoms with Gasteiger partial charge in [-0.1, -0.05) is 6.92 Å². The molecule has 0 unspecified atom stereocenters. The Bertz CT molecular complexity index is 222. The number of amides is 1. The second-order valence-corrected chi connectivity index (χ2v) is 3.31. The number of ketones is 1. The number of likely N-dealkylation sites (N-methyl/N-ethyl adjacent to an activating group) is 1. The second-order valence-electron chi connectivity index (χ2n) is 3.31. The number of aliphatic hydroxyl groups is 1. The van der Waals surface area contributed by atoms with E-state index in [1.807, 2.05) is 0 Å². The molecular formula is C9H16N2O3. The van der Waals surface area contributed by atoms with Crippen molar-refractivity contribution in [1.82, 2.24) is 9.80 Å². The zero-order valence-corrected chi connectivity index (χ0v) is 8.40. The molecule has 1 N–H and O–H groups in total. The molecule has 1 saturated heterocycles. The number of nitrogens with zero attached hydrogens (tertiary/aromatic N) is 2. The molecule has 0 saturated carbocycles. The zero-order chi connectivity index (χ0) is 10.6. The molecule has 0 aliphatic carbocycles. The number of piperazine rings is 1. The molecule has 0 radical (unpaired) electrons. The van der Waals surface area contributed by atoms with Crippen molar-refractivity contribution < 1.29 is 14.7 Å². The molecule has 1 rings (SSSR count). The van der Waals surface area contributed by atoms with Gasteiger partial charge < -0.3 is 14.9 Å². The second kappa shape index (κ2) is 5.07. The Balaban J connectivity index is 2.41. The van der Waals surface area contributed by atoms with Crippen molar-refractivity contribution in [2.24, 2.45) is 0 Å². The first kappa shape index (κ1) is 11.1. The zero-order valence-electron chi connectivity index (χ0n) is 8.40. The molecule has 14 heavy (non-hydrogen) atoms. The Morgan fingerprint density at radius 1 is 1.21 bits per heavy atom. The lowest BCUT2D eigenvalue weighted by atomic mass is 10.2. The van der Waals surface area contributed by atoms with Gasteiger partial charge in [0.15, 0.2) is 0 Å². The van der Waals surface area contributed by atoms with Crippen molar-refractivity contribution in [2.75, 3.05) is 39.3 Å². The molecule has 0 aromatic heterocycles. The summed E-state index contributed by atoms with van der Waals surface area (Å²) in [7, 11) is 0. The highest BCUT2D eigenvalue weighted by Crippen LogP contribution is 2.01. The van der Waals surface area contributed by atoms with Crippen LogP contribution in [0.3, 0.4) is 0 Å². The highest BCUT2D eigenvalue weighted by Gasteiger charge is 2.24. The number of hydrogen-bond acceptors (Lipinski definition) is 4. The van der Waals surface area contributed by atoms with Crippen LogP contribution in [-0.4, -0.2) is 65.9 Å². The van der Waals surface area contributed by atoms with Crippen LogP contribution in [0.1, 0.15) is 6.92 Å². The molecule has 5 nitrogen and oxygen atoms in total. The molecule has 5 heteroatoms. The average Bonchev–Trinajstić information content (AvgIpc) is 2.27. The predicted molar refractivity (Wildman–Crippen MR) is 50.8 cm³/mol.